The average molecular weight is 376 g/mol. The third-order valence-corrected chi connectivity index (χ3v) is 3.85. The third-order valence-electron chi connectivity index (χ3n) is 3.37. The molecule has 0 aliphatic carbocycles. The highest BCUT2D eigenvalue weighted by Gasteiger charge is 2.21. The van der Waals surface area contributed by atoms with E-state index in [0.29, 0.717) is 27.5 Å². The quantitative estimate of drug-likeness (QED) is 0.451. The summed E-state index contributed by atoms with van der Waals surface area (Å²) in [5, 5.41) is 0.541. The molecule has 0 unspecified atom stereocenters. The zero-order chi connectivity index (χ0) is 18.4. The maximum atomic E-state index is 12.5. The second kappa shape index (κ2) is 8.57. The molecule has 0 heterocycles. The average Bonchev–Trinajstić information content (AvgIpc) is 2.64. The Morgan fingerprint density at radius 1 is 1.16 bits per heavy atom. The Morgan fingerprint density at radius 3 is 2.40 bits per heavy atom. The molecule has 0 aliphatic rings. The minimum atomic E-state index is -0.508. The molecule has 0 aliphatic heterocycles. The van der Waals surface area contributed by atoms with Crippen LogP contribution in [0.4, 0.5) is 11.4 Å². The Hall–Kier alpha value is -2.48. The largest absolute Gasteiger partial charge is 0.465 e. The fraction of sp³-hybridized carbons (Fsp3) is 0.158. The van der Waals surface area contributed by atoms with Gasteiger partial charge >= 0.3 is 5.97 Å². The molecule has 128 valence electrons. The fourth-order valence-corrected chi connectivity index (χ4v) is 2.51. The number of carbonyl (C=O) groups excluding carboxylic acids is 2. The van der Waals surface area contributed by atoms with Crippen LogP contribution in [0.3, 0.4) is 0 Å². The molecule has 2 aromatic rings. The second-order valence-electron chi connectivity index (χ2n) is 4.94. The molecule has 25 heavy (non-hydrogen) atoms. The maximum Gasteiger partial charge on any atom is 0.337 e. The van der Waals surface area contributed by atoms with Crippen LogP contribution in [0.1, 0.15) is 22.8 Å². The van der Waals surface area contributed by atoms with Crippen LogP contribution in [0.2, 0.25) is 5.02 Å². The first-order valence-electron chi connectivity index (χ1n) is 7.31. The Labute approximate surface area is 156 Å². The first-order chi connectivity index (χ1) is 12.0. The molecule has 6 heteroatoms. The predicted molar refractivity (Wildman–Crippen MR) is 99.7 cm³/mol. The molecule has 2 rings (SSSR count). The van der Waals surface area contributed by atoms with Crippen molar-refractivity contribution in [3.05, 3.63) is 58.6 Å². The summed E-state index contributed by atoms with van der Waals surface area (Å²) in [7, 11) is 1.29. The number of hydrogen-bond acceptors (Lipinski definition) is 3. The minimum Gasteiger partial charge on any atom is -0.465 e. The molecule has 0 aromatic heterocycles. The van der Waals surface area contributed by atoms with Gasteiger partial charge in [-0.2, -0.15) is 0 Å². The van der Waals surface area contributed by atoms with Gasteiger partial charge in [-0.1, -0.05) is 17.5 Å². The predicted octanol–water partition coefficient (Wildman–Crippen LogP) is 4.40. The summed E-state index contributed by atoms with van der Waals surface area (Å²) >= 11 is 11.7. The van der Waals surface area contributed by atoms with Crippen LogP contribution < -0.4 is 4.90 Å². The number of carbonyl (C=O) groups is 2. The molecule has 4 nitrogen and oxygen atoms in total. The van der Waals surface area contributed by atoms with E-state index >= 15 is 0 Å². The molecular weight excluding hydrogens is 361 g/mol. The van der Waals surface area contributed by atoms with Gasteiger partial charge in [0.25, 0.3) is 0 Å². The van der Waals surface area contributed by atoms with Crippen molar-refractivity contribution in [2.75, 3.05) is 17.9 Å². The topological polar surface area (TPSA) is 46.6 Å². The first kappa shape index (κ1) is 18.9. The van der Waals surface area contributed by atoms with E-state index in [1.807, 2.05) is 0 Å². The number of esters is 1. The number of alkyl halides is 1. The number of halogens is 2. The number of amides is 1. The van der Waals surface area contributed by atoms with E-state index in [4.69, 9.17) is 27.9 Å². The van der Waals surface area contributed by atoms with Gasteiger partial charge in [-0.05, 0) is 49.4 Å². The second-order valence-corrected chi connectivity index (χ2v) is 5.64. The Bertz CT molecular complexity index is 851. The van der Waals surface area contributed by atoms with Crippen LogP contribution in [-0.4, -0.2) is 24.9 Å². The lowest BCUT2D eigenvalue weighted by atomic mass is 10.1. The lowest BCUT2D eigenvalue weighted by molar-refractivity contribution is -0.115. The van der Waals surface area contributed by atoms with E-state index in [9.17, 15) is 9.59 Å². The van der Waals surface area contributed by atoms with Crippen molar-refractivity contribution < 1.29 is 14.3 Å². The van der Waals surface area contributed by atoms with E-state index in [-0.39, 0.29) is 11.8 Å². The van der Waals surface area contributed by atoms with Crippen molar-refractivity contribution in [3.8, 4) is 11.8 Å². The third kappa shape index (κ3) is 4.33. The van der Waals surface area contributed by atoms with Crippen molar-refractivity contribution in [1.29, 1.82) is 0 Å². The summed E-state index contributed by atoms with van der Waals surface area (Å²) in [6.07, 6.45) is 0. The maximum absolute atomic E-state index is 12.5. The van der Waals surface area contributed by atoms with Crippen molar-refractivity contribution in [2.24, 2.45) is 0 Å². The highest BCUT2D eigenvalue weighted by atomic mass is 35.5. The van der Waals surface area contributed by atoms with Gasteiger partial charge in [-0.15, -0.1) is 17.5 Å². The zero-order valence-electron chi connectivity index (χ0n) is 13.7. The molecule has 0 saturated carbocycles. The Morgan fingerprint density at radius 2 is 1.84 bits per heavy atom. The molecule has 0 radical (unpaired) electrons. The highest BCUT2D eigenvalue weighted by molar-refractivity contribution is 6.31. The van der Waals surface area contributed by atoms with Crippen LogP contribution in [-0.2, 0) is 9.53 Å². The van der Waals surface area contributed by atoms with Gasteiger partial charge < -0.3 is 4.74 Å². The van der Waals surface area contributed by atoms with Gasteiger partial charge in [0.05, 0.1) is 18.4 Å². The van der Waals surface area contributed by atoms with Gasteiger partial charge in [0.2, 0.25) is 5.91 Å². The zero-order valence-corrected chi connectivity index (χ0v) is 15.2. The van der Waals surface area contributed by atoms with Crippen molar-refractivity contribution in [3.63, 3.8) is 0 Å². The van der Waals surface area contributed by atoms with Gasteiger partial charge in [-0.3, -0.25) is 9.69 Å². The Balaban J connectivity index is 2.68. The monoisotopic (exact) mass is 375 g/mol. The van der Waals surface area contributed by atoms with E-state index < -0.39 is 5.97 Å². The van der Waals surface area contributed by atoms with Gasteiger partial charge in [-0.25, -0.2) is 4.79 Å². The van der Waals surface area contributed by atoms with Crippen LogP contribution in [0.5, 0.6) is 0 Å². The smallest absolute Gasteiger partial charge is 0.337 e. The SMILES string of the molecule is CC#Cc1ccc(C(=O)OC)cc1N(C(=O)CCl)c1ccc(Cl)cc1. The summed E-state index contributed by atoms with van der Waals surface area (Å²) in [6, 6.07) is 11.6. The molecule has 0 fully saturated rings. The van der Waals surface area contributed by atoms with E-state index in [1.165, 1.54) is 12.0 Å². The summed E-state index contributed by atoms with van der Waals surface area (Å²) in [6.45, 7) is 1.69. The number of methoxy groups -OCH3 is 1. The van der Waals surface area contributed by atoms with Gasteiger partial charge in [0.1, 0.15) is 5.88 Å². The summed E-state index contributed by atoms with van der Waals surface area (Å²) in [4.78, 5) is 25.8. The van der Waals surface area contributed by atoms with Gasteiger partial charge in [0, 0.05) is 16.3 Å². The van der Waals surface area contributed by atoms with Crippen LogP contribution in [0, 0.1) is 11.8 Å². The van der Waals surface area contributed by atoms with Crippen molar-refractivity contribution in [1.82, 2.24) is 0 Å². The number of anilines is 2. The number of benzene rings is 2. The highest BCUT2D eigenvalue weighted by Crippen LogP contribution is 2.31. The molecule has 2 aromatic carbocycles. The summed E-state index contributed by atoms with van der Waals surface area (Å²) < 4.78 is 4.76. The molecule has 0 N–H and O–H groups in total. The van der Waals surface area contributed by atoms with E-state index in [0.717, 1.165) is 0 Å². The lowest BCUT2D eigenvalue weighted by Gasteiger charge is -2.24. The van der Waals surface area contributed by atoms with E-state index in [2.05, 4.69) is 11.8 Å². The summed E-state index contributed by atoms with van der Waals surface area (Å²) in [5.74, 6) is 4.64. The molecule has 0 atom stereocenters. The molecule has 0 saturated heterocycles. The van der Waals surface area contributed by atoms with Crippen LogP contribution in [0.25, 0.3) is 0 Å². The van der Waals surface area contributed by atoms with Crippen LogP contribution in [0.15, 0.2) is 42.5 Å². The molecule has 0 bridgehead atoms. The number of ether oxygens (including phenoxy) is 1. The normalized spacial score (nSPS) is 9.76. The molecular formula is C19H15Cl2NO3. The van der Waals surface area contributed by atoms with E-state index in [1.54, 1.807) is 49.4 Å². The minimum absolute atomic E-state index is 0.232. The summed E-state index contributed by atoms with van der Waals surface area (Å²) in [5.41, 5.74) is 1.91. The number of hydrogen-bond donors (Lipinski definition) is 0. The first-order valence-corrected chi connectivity index (χ1v) is 8.22. The molecule has 0 spiro atoms. The standard InChI is InChI=1S/C19H15Cl2NO3/c1-3-4-13-5-6-14(19(24)25-2)11-17(13)22(18(23)12-20)16-9-7-15(21)8-10-16/h5-11H,12H2,1-2H3. The number of rotatable bonds is 4. The van der Waals surface area contributed by atoms with Crippen molar-refractivity contribution >= 4 is 46.5 Å². The number of nitrogens with zero attached hydrogens (tertiary/aromatic N) is 1. The van der Waals surface area contributed by atoms with Gasteiger partial charge in [0.15, 0.2) is 0 Å². The Kier molecular flexibility index (Phi) is 6.46. The molecule has 1 amide bonds. The fourth-order valence-electron chi connectivity index (χ4n) is 2.27. The van der Waals surface area contributed by atoms with Crippen LogP contribution >= 0.6 is 23.2 Å². The lowest BCUT2D eigenvalue weighted by Crippen LogP contribution is -2.28. The van der Waals surface area contributed by atoms with Crippen molar-refractivity contribution in [2.45, 2.75) is 6.92 Å².